The van der Waals surface area contributed by atoms with Crippen molar-refractivity contribution in [2.45, 2.75) is 29.3 Å². The Labute approximate surface area is 97.8 Å². The summed E-state index contributed by atoms with van der Waals surface area (Å²) in [5.74, 6) is -0.720. The molecule has 0 unspecified atom stereocenters. The first kappa shape index (κ1) is 14.3. The summed E-state index contributed by atoms with van der Waals surface area (Å²) >= 11 is 15.7. The number of hydrogen-bond acceptors (Lipinski definition) is 4. The van der Waals surface area contributed by atoms with Crippen molar-refractivity contribution in [3.63, 3.8) is 0 Å². The predicted octanol–water partition coefficient (Wildman–Crippen LogP) is 1.31. The maximum Gasteiger partial charge on any atom is 0.340 e. The third-order valence-electron chi connectivity index (χ3n) is 1.49. The highest BCUT2D eigenvalue weighted by Crippen LogP contribution is 2.27. The molecule has 0 saturated carbocycles. The standard InChI is InChI=1S/C7H13Cl3N2O2/c8-7(9,10)14-6(13)5(12)3-1-2-4-11/h5H,1-4,11-12H2/t5-/m0/s1. The molecule has 0 aromatic heterocycles. The highest BCUT2D eigenvalue weighted by molar-refractivity contribution is 6.66. The average molecular weight is 264 g/mol. The molecule has 0 radical (unpaired) electrons. The average Bonchev–Trinajstić information content (AvgIpc) is 2.01. The predicted molar refractivity (Wildman–Crippen MR) is 57.3 cm³/mol. The number of carbonyl (C=O) groups excluding carboxylic acids is 1. The first-order valence-corrected chi connectivity index (χ1v) is 5.25. The van der Waals surface area contributed by atoms with E-state index in [4.69, 9.17) is 46.3 Å². The van der Waals surface area contributed by atoms with Crippen molar-refractivity contribution in [1.29, 1.82) is 0 Å². The van der Waals surface area contributed by atoms with E-state index in [1.54, 1.807) is 0 Å². The van der Waals surface area contributed by atoms with Gasteiger partial charge in [0.2, 0.25) is 0 Å². The number of rotatable bonds is 5. The van der Waals surface area contributed by atoms with E-state index >= 15 is 0 Å². The molecule has 84 valence electrons. The van der Waals surface area contributed by atoms with Crippen LogP contribution in [0.15, 0.2) is 0 Å². The van der Waals surface area contributed by atoms with Gasteiger partial charge in [-0.2, -0.15) is 0 Å². The normalized spacial score (nSPS) is 13.8. The molecule has 0 heterocycles. The largest absolute Gasteiger partial charge is 0.413 e. The summed E-state index contributed by atoms with van der Waals surface area (Å²) in [7, 11) is 0. The van der Waals surface area contributed by atoms with Crippen LogP contribution in [-0.4, -0.2) is 22.5 Å². The van der Waals surface area contributed by atoms with Gasteiger partial charge in [0.25, 0.3) is 0 Å². The van der Waals surface area contributed by atoms with E-state index in [1.807, 2.05) is 0 Å². The Morgan fingerprint density at radius 1 is 1.36 bits per heavy atom. The van der Waals surface area contributed by atoms with E-state index in [0.717, 1.165) is 12.8 Å². The Balaban J connectivity index is 3.77. The second-order valence-electron chi connectivity index (χ2n) is 2.76. The van der Waals surface area contributed by atoms with Crippen molar-refractivity contribution in [3.8, 4) is 0 Å². The molecule has 1 atom stereocenters. The highest BCUT2D eigenvalue weighted by atomic mass is 35.6. The zero-order chi connectivity index (χ0) is 11.2. The van der Waals surface area contributed by atoms with Crippen LogP contribution < -0.4 is 11.5 Å². The molecule has 0 bridgehead atoms. The number of alkyl halides is 3. The zero-order valence-electron chi connectivity index (χ0n) is 7.51. The van der Waals surface area contributed by atoms with E-state index < -0.39 is 16.0 Å². The zero-order valence-corrected chi connectivity index (χ0v) is 9.78. The number of esters is 1. The Morgan fingerprint density at radius 2 is 1.93 bits per heavy atom. The Hall–Kier alpha value is 0.260. The monoisotopic (exact) mass is 262 g/mol. The molecule has 4 nitrogen and oxygen atoms in total. The van der Waals surface area contributed by atoms with E-state index in [-0.39, 0.29) is 0 Å². The highest BCUT2D eigenvalue weighted by Gasteiger charge is 2.28. The molecule has 0 saturated heterocycles. The summed E-state index contributed by atoms with van der Waals surface area (Å²) in [6.07, 6.45) is 2.01. The van der Waals surface area contributed by atoms with Crippen LogP contribution >= 0.6 is 34.8 Å². The molecule has 14 heavy (non-hydrogen) atoms. The summed E-state index contributed by atoms with van der Waals surface area (Å²) in [4.78, 5) is 11.1. The van der Waals surface area contributed by atoms with Crippen LogP contribution in [0.3, 0.4) is 0 Å². The molecule has 0 fully saturated rings. The molecule has 0 aromatic carbocycles. The van der Waals surface area contributed by atoms with Gasteiger partial charge < -0.3 is 16.2 Å². The molecule has 0 aliphatic carbocycles. The van der Waals surface area contributed by atoms with Gasteiger partial charge in [0, 0.05) is 0 Å². The molecular formula is C7H13Cl3N2O2. The number of halogens is 3. The lowest BCUT2D eigenvalue weighted by atomic mass is 10.1. The molecule has 0 aromatic rings. The van der Waals surface area contributed by atoms with Crippen LogP contribution in [0.5, 0.6) is 0 Å². The van der Waals surface area contributed by atoms with E-state index in [9.17, 15) is 4.79 Å². The summed E-state index contributed by atoms with van der Waals surface area (Å²) in [6.45, 7) is 0.562. The minimum Gasteiger partial charge on any atom is -0.413 e. The van der Waals surface area contributed by atoms with Gasteiger partial charge in [0.1, 0.15) is 6.04 Å². The fraction of sp³-hybridized carbons (Fsp3) is 0.857. The third kappa shape index (κ3) is 7.64. The lowest BCUT2D eigenvalue weighted by molar-refractivity contribution is -0.146. The summed E-state index contributed by atoms with van der Waals surface area (Å²) in [6, 6.07) is -0.767. The quantitative estimate of drug-likeness (QED) is 0.445. The topological polar surface area (TPSA) is 78.3 Å². The van der Waals surface area contributed by atoms with Gasteiger partial charge in [-0.15, -0.1) is 0 Å². The third-order valence-corrected chi connectivity index (χ3v) is 1.72. The lowest BCUT2D eigenvalue weighted by Crippen LogP contribution is -2.35. The number of nitrogens with two attached hydrogens (primary N) is 2. The minimum absolute atomic E-state index is 0.469. The number of hydrogen-bond donors (Lipinski definition) is 2. The first-order valence-electron chi connectivity index (χ1n) is 4.12. The Morgan fingerprint density at radius 3 is 2.36 bits per heavy atom. The maximum absolute atomic E-state index is 11.1. The van der Waals surface area contributed by atoms with Crippen molar-refractivity contribution in [2.24, 2.45) is 11.5 Å². The maximum atomic E-state index is 11.1. The lowest BCUT2D eigenvalue weighted by Gasteiger charge is -2.15. The van der Waals surface area contributed by atoms with Gasteiger partial charge >= 0.3 is 9.95 Å². The molecule has 0 spiro atoms. The van der Waals surface area contributed by atoms with Crippen molar-refractivity contribution >= 4 is 40.8 Å². The van der Waals surface area contributed by atoms with Crippen molar-refractivity contribution in [1.82, 2.24) is 0 Å². The fourth-order valence-electron chi connectivity index (χ4n) is 0.816. The number of carbonyl (C=O) groups is 1. The van der Waals surface area contributed by atoms with Crippen molar-refractivity contribution in [2.75, 3.05) is 6.54 Å². The molecule has 0 rings (SSSR count). The minimum atomic E-state index is -2.04. The van der Waals surface area contributed by atoms with Crippen LogP contribution in [-0.2, 0) is 9.53 Å². The molecule has 0 aliphatic rings. The van der Waals surface area contributed by atoms with Gasteiger partial charge in [-0.1, -0.05) is 6.42 Å². The van der Waals surface area contributed by atoms with Crippen molar-refractivity contribution < 1.29 is 9.53 Å². The van der Waals surface area contributed by atoms with Crippen LogP contribution in [0.1, 0.15) is 19.3 Å². The summed E-state index contributed by atoms with van der Waals surface area (Å²) < 4.78 is 2.39. The Bertz CT molecular complexity index is 184. The summed E-state index contributed by atoms with van der Waals surface area (Å²) in [5.41, 5.74) is 10.7. The van der Waals surface area contributed by atoms with E-state index in [1.165, 1.54) is 0 Å². The SMILES string of the molecule is NCCCC[C@H](N)C(=O)OC(Cl)(Cl)Cl. The molecule has 0 amide bonds. The van der Waals surface area contributed by atoms with E-state index in [2.05, 4.69) is 4.74 Å². The van der Waals surface area contributed by atoms with Gasteiger partial charge in [0.15, 0.2) is 0 Å². The summed E-state index contributed by atoms with van der Waals surface area (Å²) in [5, 5.41) is 0. The second-order valence-corrected chi connectivity index (χ2v) is 4.93. The van der Waals surface area contributed by atoms with Crippen LogP contribution in [0, 0.1) is 0 Å². The molecular weight excluding hydrogens is 250 g/mol. The van der Waals surface area contributed by atoms with Gasteiger partial charge in [-0.25, -0.2) is 0 Å². The van der Waals surface area contributed by atoms with Crippen LogP contribution in [0.2, 0.25) is 0 Å². The van der Waals surface area contributed by atoms with Crippen molar-refractivity contribution in [3.05, 3.63) is 0 Å². The second kappa shape index (κ2) is 6.69. The first-order chi connectivity index (χ1) is 6.37. The van der Waals surface area contributed by atoms with Gasteiger partial charge in [-0.3, -0.25) is 4.79 Å². The fourth-order valence-corrected chi connectivity index (χ4v) is 1.04. The van der Waals surface area contributed by atoms with E-state index in [0.29, 0.717) is 13.0 Å². The smallest absolute Gasteiger partial charge is 0.340 e. The molecule has 4 N–H and O–H groups in total. The number of unbranched alkanes of at least 4 members (excludes halogenated alkanes) is 1. The van der Waals surface area contributed by atoms with Gasteiger partial charge in [-0.05, 0) is 54.2 Å². The number of ether oxygens (including phenoxy) is 1. The van der Waals surface area contributed by atoms with Gasteiger partial charge in [0.05, 0.1) is 0 Å². The molecule has 7 heteroatoms. The Kier molecular flexibility index (Phi) is 6.81. The molecule has 0 aliphatic heterocycles. The van der Waals surface area contributed by atoms with Crippen LogP contribution in [0.25, 0.3) is 0 Å². The van der Waals surface area contributed by atoms with Crippen LogP contribution in [0.4, 0.5) is 0 Å².